The van der Waals surface area contributed by atoms with Crippen LogP contribution in [0.15, 0.2) is 36.5 Å². The van der Waals surface area contributed by atoms with Crippen LogP contribution in [0, 0.1) is 0 Å². The highest BCUT2D eigenvalue weighted by atomic mass is 19.4. The SMILES string of the molecule is FC(F)Oc1cccc(CN2CCCC(Nc3nccc(C(F)(F)F)n3)C2)c1. The smallest absolute Gasteiger partial charge is 0.433 e. The van der Waals surface area contributed by atoms with Crippen LogP contribution in [0.2, 0.25) is 0 Å². The molecule has 1 atom stereocenters. The van der Waals surface area contributed by atoms with Crippen molar-refractivity contribution in [1.82, 2.24) is 14.9 Å². The molecule has 0 saturated carbocycles. The third-order valence-electron chi connectivity index (χ3n) is 4.31. The van der Waals surface area contributed by atoms with E-state index in [0.717, 1.165) is 37.2 Å². The second-order valence-corrected chi connectivity index (χ2v) is 6.51. The van der Waals surface area contributed by atoms with Crippen LogP contribution >= 0.6 is 0 Å². The third kappa shape index (κ3) is 5.75. The number of benzene rings is 1. The molecule has 0 amide bonds. The van der Waals surface area contributed by atoms with Gasteiger partial charge in [-0.05, 0) is 43.1 Å². The lowest BCUT2D eigenvalue weighted by atomic mass is 10.0. The lowest BCUT2D eigenvalue weighted by Crippen LogP contribution is -2.42. The number of nitrogens with zero attached hydrogens (tertiary/aromatic N) is 3. The molecule has 5 nitrogen and oxygen atoms in total. The molecule has 0 radical (unpaired) electrons. The van der Waals surface area contributed by atoms with Crippen LogP contribution in [0.4, 0.5) is 27.9 Å². The number of halogens is 5. The number of likely N-dealkylation sites (tertiary alicyclic amines) is 1. The predicted molar refractivity (Wildman–Crippen MR) is 92.0 cm³/mol. The number of anilines is 1. The second-order valence-electron chi connectivity index (χ2n) is 6.51. The highest BCUT2D eigenvalue weighted by Crippen LogP contribution is 2.28. The molecule has 1 saturated heterocycles. The maximum atomic E-state index is 12.8. The van der Waals surface area contributed by atoms with E-state index in [1.54, 1.807) is 12.1 Å². The number of hydrogen-bond acceptors (Lipinski definition) is 5. The number of ether oxygens (including phenoxy) is 1. The first-order chi connectivity index (χ1) is 13.3. The van der Waals surface area contributed by atoms with E-state index in [0.29, 0.717) is 13.1 Å². The van der Waals surface area contributed by atoms with E-state index in [-0.39, 0.29) is 17.7 Å². The van der Waals surface area contributed by atoms with Crippen LogP contribution < -0.4 is 10.1 Å². The molecular formula is C18H19F5N4O. The Morgan fingerprint density at radius 3 is 2.82 bits per heavy atom. The van der Waals surface area contributed by atoms with Gasteiger partial charge in [0.2, 0.25) is 5.95 Å². The van der Waals surface area contributed by atoms with Crippen molar-refractivity contribution in [3.05, 3.63) is 47.8 Å². The summed E-state index contributed by atoms with van der Waals surface area (Å²) in [7, 11) is 0. The van der Waals surface area contributed by atoms with Gasteiger partial charge in [-0.1, -0.05) is 12.1 Å². The van der Waals surface area contributed by atoms with E-state index < -0.39 is 18.5 Å². The Hall–Kier alpha value is -2.49. The largest absolute Gasteiger partial charge is 0.435 e. The third-order valence-corrected chi connectivity index (χ3v) is 4.31. The van der Waals surface area contributed by atoms with Crippen molar-refractivity contribution in [2.75, 3.05) is 18.4 Å². The normalized spacial score (nSPS) is 18.3. The van der Waals surface area contributed by atoms with Crippen molar-refractivity contribution in [3.8, 4) is 5.75 Å². The maximum Gasteiger partial charge on any atom is 0.433 e. The number of piperidine rings is 1. The van der Waals surface area contributed by atoms with E-state index in [2.05, 4.69) is 24.9 Å². The molecule has 28 heavy (non-hydrogen) atoms. The first kappa shape index (κ1) is 20.2. The Morgan fingerprint density at radius 1 is 1.25 bits per heavy atom. The fourth-order valence-electron chi connectivity index (χ4n) is 3.16. The quantitative estimate of drug-likeness (QED) is 0.735. The number of alkyl halides is 5. The molecule has 152 valence electrons. The van der Waals surface area contributed by atoms with Gasteiger partial charge in [-0.3, -0.25) is 4.90 Å². The Labute approximate surface area is 158 Å². The Kier molecular flexibility index (Phi) is 6.28. The van der Waals surface area contributed by atoms with Gasteiger partial charge >= 0.3 is 12.8 Å². The Balaban J connectivity index is 1.60. The molecule has 3 rings (SSSR count). The molecule has 1 N–H and O–H groups in total. The number of aromatic nitrogens is 2. The molecule has 0 bridgehead atoms. The lowest BCUT2D eigenvalue weighted by molar-refractivity contribution is -0.141. The first-order valence-corrected chi connectivity index (χ1v) is 8.72. The van der Waals surface area contributed by atoms with Crippen molar-refractivity contribution in [2.24, 2.45) is 0 Å². The monoisotopic (exact) mass is 402 g/mol. The average Bonchev–Trinajstić information content (AvgIpc) is 2.61. The van der Waals surface area contributed by atoms with Crippen LogP contribution in [0.1, 0.15) is 24.1 Å². The van der Waals surface area contributed by atoms with Crippen molar-refractivity contribution in [1.29, 1.82) is 0 Å². The molecule has 1 aliphatic rings. The molecule has 1 unspecified atom stereocenters. The minimum Gasteiger partial charge on any atom is -0.435 e. The number of rotatable bonds is 6. The molecular weight excluding hydrogens is 383 g/mol. The maximum absolute atomic E-state index is 12.8. The van der Waals surface area contributed by atoms with Gasteiger partial charge in [0.25, 0.3) is 0 Å². The molecule has 10 heteroatoms. The summed E-state index contributed by atoms with van der Waals surface area (Å²) >= 11 is 0. The van der Waals surface area contributed by atoms with Crippen LogP contribution in [0.25, 0.3) is 0 Å². The summed E-state index contributed by atoms with van der Waals surface area (Å²) in [6.45, 7) is -1.00. The molecule has 0 spiro atoms. The highest BCUT2D eigenvalue weighted by Gasteiger charge is 2.33. The van der Waals surface area contributed by atoms with Crippen molar-refractivity contribution < 1.29 is 26.7 Å². The Bertz CT molecular complexity index is 787. The van der Waals surface area contributed by atoms with Crippen LogP contribution in [-0.4, -0.2) is 40.6 Å². The van der Waals surface area contributed by atoms with E-state index in [4.69, 9.17) is 0 Å². The summed E-state index contributed by atoms with van der Waals surface area (Å²) < 4.78 is 67.4. The van der Waals surface area contributed by atoms with E-state index in [1.807, 2.05) is 6.07 Å². The summed E-state index contributed by atoms with van der Waals surface area (Å²) in [5.74, 6) is 0.0329. The summed E-state index contributed by atoms with van der Waals surface area (Å²) in [5, 5.41) is 2.96. The van der Waals surface area contributed by atoms with Crippen LogP contribution in [-0.2, 0) is 12.7 Å². The average molecular weight is 402 g/mol. The summed E-state index contributed by atoms with van der Waals surface area (Å²) in [6.07, 6.45) is -1.84. The van der Waals surface area contributed by atoms with Gasteiger partial charge in [-0.25, -0.2) is 9.97 Å². The highest BCUT2D eigenvalue weighted by molar-refractivity contribution is 5.30. The second kappa shape index (κ2) is 8.68. The van der Waals surface area contributed by atoms with Crippen molar-refractivity contribution in [3.63, 3.8) is 0 Å². The minimum absolute atomic E-state index is 0.0611. The van der Waals surface area contributed by atoms with E-state index in [1.165, 1.54) is 6.07 Å². The number of hydrogen-bond donors (Lipinski definition) is 1. The number of nitrogens with one attached hydrogen (secondary N) is 1. The van der Waals surface area contributed by atoms with Crippen molar-refractivity contribution >= 4 is 5.95 Å². The van der Waals surface area contributed by atoms with Gasteiger partial charge in [0.1, 0.15) is 11.4 Å². The summed E-state index contributed by atoms with van der Waals surface area (Å²) in [4.78, 5) is 9.49. The van der Waals surface area contributed by atoms with Gasteiger partial charge in [0, 0.05) is 25.3 Å². The zero-order valence-corrected chi connectivity index (χ0v) is 14.8. The molecule has 1 fully saturated rings. The van der Waals surface area contributed by atoms with Crippen molar-refractivity contribution in [2.45, 2.75) is 38.2 Å². The fourth-order valence-corrected chi connectivity index (χ4v) is 3.16. The van der Waals surface area contributed by atoms with Gasteiger partial charge < -0.3 is 10.1 Å². The minimum atomic E-state index is -4.52. The fraction of sp³-hybridized carbons (Fsp3) is 0.444. The molecule has 2 aromatic rings. The van der Waals surface area contributed by atoms with Gasteiger partial charge in [-0.2, -0.15) is 22.0 Å². The van der Waals surface area contributed by atoms with Gasteiger partial charge in [0.15, 0.2) is 0 Å². The lowest BCUT2D eigenvalue weighted by Gasteiger charge is -2.33. The summed E-state index contributed by atoms with van der Waals surface area (Å²) in [6, 6.07) is 7.18. The zero-order chi connectivity index (χ0) is 20.1. The molecule has 1 aromatic carbocycles. The van der Waals surface area contributed by atoms with Gasteiger partial charge in [-0.15, -0.1) is 0 Å². The zero-order valence-electron chi connectivity index (χ0n) is 14.8. The van der Waals surface area contributed by atoms with Gasteiger partial charge in [0.05, 0.1) is 0 Å². The topological polar surface area (TPSA) is 50.3 Å². The molecule has 1 aromatic heterocycles. The molecule has 1 aliphatic heterocycles. The van der Waals surface area contributed by atoms with Crippen LogP contribution in [0.3, 0.4) is 0 Å². The van der Waals surface area contributed by atoms with E-state index >= 15 is 0 Å². The standard InChI is InChI=1S/C18H19F5N4O/c19-16(20)28-14-5-1-3-12(9-14)10-27-8-2-4-13(11-27)25-17-24-7-6-15(26-17)18(21,22)23/h1,3,5-7,9,13,16H,2,4,8,10-11H2,(H,24,25,26). The summed E-state index contributed by atoms with van der Waals surface area (Å²) in [5.41, 5.74) is -0.178. The van der Waals surface area contributed by atoms with E-state index in [9.17, 15) is 22.0 Å². The van der Waals surface area contributed by atoms with Crippen LogP contribution in [0.5, 0.6) is 5.75 Å². The predicted octanol–water partition coefficient (Wildman–Crippen LogP) is 4.17. The first-order valence-electron chi connectivity index (χ1n) is 8.72. The molecule has 2 heterocycles. The molecule has 0 aliphatic carbocycles. The Morgan fingerprint density at radius 2 is 2.07 bits per heavy atom.